The number of rotatable bonds is 6. The second-order valence-corrected chi connectivity index (χ2v) is 6.87. The molecule has 1 atom stereocenters. The van der Waals surface area contributed by atoms with Crippen molar-refractivity contribution in [3.8, 4) is 0 Å². The van der Waals surface area contributed by atoms with Gasteiger partial charge in [0, 0.05) is 12.1 Å². The Hall–Kier alpha value is -2.14. The summed E-state index contributed by atoms with van der Waals surface area (Å²) in [5.74, 6) is 0.736. The monoisotopic (exact) mass is 341 g/mol. The molecule has 0 spiro atoms. The number of hydrogen-bond acceptors (Lipinski definition) is 4. The highest BCUT2D eigenvalue weighted by molar-refractivity contribution is 5.79. The van der Waals surface area contributed by atoms with Crippen LogP contribution in [0.15, 0.2) is 34.9 Å². The number of nitrogens with one attached hydrogen (secondary N) is 1. The van der Waals surface area contributed by atoms with Gasteiger partial charge >= 0.3 is 0 Å². The van der Waals surface area contributed by atoms with Crippen molar-refractivity contribution in [1.29, 1.82) is 0 Å². The summed E-state index contributed by atoms with van der Waals surface area (Å²) >= 11 is 0. The van der Waals surface area contributed by atoms with Crippen LogP contribution in [0.5, 0.6) is 0 Å². The number of carbonyl (C=O) groups excluding carboxylic acids is 1. The van der Waals surface area contributed by atoms with Crippen molar-refractivity contribution < 1.29 is 9.32 Å². The zero-order valence-electron chi connectivity index (χ0n) is 15.1. The molecule has 1 unspecified atom stereocenters. The molecule has 0 aliphatic carbocycles. The van der Waals surface area contributed by atoms with E-state index in [1.165, 1.54) is 19.3 Å². The average molecular weight is 341 g/mol. The fraction of sp³-hybridized carbons (Fsp3) is 0.500. The van der Waals surface area contributed by atoms with Crippen LogP contribution in [0.3, 0.4) is 0 Å². The molecular weight excluding hydrogens is 314 g/mol. The van der Waals surface area contributed by atoms with E-state index in [0.717, 1.165) is 42.2 Å². The van der Waals surface area contributed by atoms with E-state index in [4.69, 9.17) is 4.52 Å². The summed E-state index contributed by atoms with van der Waals surface area (Å²) in [6, 6.07) is 10.2. The summed E-state index contributed by atoms with van der Waals surface area (Å²) in [6.45, 7) is 6.82. The first-order valence-corrected chi connectivity index (χ1v) is 9.12. The molecule has 1 aliphatic rings. The number of piperidine rings is 1. The van der Waals surface area contributed by atoms with Gasteiger partial charge in [-0.05, 0) is 45.3 Å². The van der Waals surface area contributed by atoms with Gasteiger partial charge in [-0.25, -0.2) is 0 Å². The zero-order valence-corrected chi connectivity index (χ0v) is 15.1. The molecule has 1 N–H and O–H groups in total. The standard InChI is InChI=1S/C20H27N3O2/c1-15-18(16(2)25-22-15)13-20(24)21-19(17-9-5-3-6-10-17)14-23-11-7-4-8-12-23/h3,5-6,9-10,19H,4,7-8,11-14H2,1-2H3,(H,21,24). The number of benzene rings is 1. The summed E-state index contributed by atoms with van der Waals surface area (Å²) in [5, 5.41) is 7.16. The highest BCUT2D eigenvalue weighted by Crippen LogP contribution is 2.19. The lowest BCUT2D eigenvalue weighted by Crippen LogP contribution is -2.40. The Morgan fingerprint density at radius 3 is 2.56 bits per heavy atom. The van der Waals surface area contributed by atoms with E-state index in [2.05, 4.69) is 27.5 Å². The highest BCUT2D eigenvalue weighted by atomic mass is 16.5. The Morgan fingerprint density at radius 2 is 1.92 bits per heavy atom. The summed E-state index contributed by atoms with van der Waals surface area (Å²) in [7, 11) is 0. The zero-order chi connectivity index (χ0) is 17.6. The van der Waals surface area contributed by atoms with Crippen LogP contribution in [0.25, 0.3) is 0 Å². The molecule has 5 nitrogen and oxygen atoms in total. The fourth-order valence-corrected chi connectivity index (χ4v) is 3.48. The molecule has 1 aromatic heterocycles. The maximum absolute atomic E-state index is 12.6. The molecule has 0 saturated carbocycles. The van der Waals surface area contributed by atoms with Gasteiger partial charge in [0.1, 0.15) is 5.76 Å². The number of amides is 1. The van der Waals surface area contributed by atoms with Crippen LogP contribution in [0.1, 0.15) is 47.9 Å². The first kappa shape index (κ1) is 17.7. The maximum atomic E-state index is 12.6. The minimum absolute atomic E-state index is 0.00673. The van der Waals surface area contributed by atoms with Crippen LogP contribution in [-0.4, -0.2) is 35.6 Å². The van der Waals surface area contributed by atoms with Gasteiger partial charge in [-0.3, -0.25) is 4.79 Å². The van der Waals surface area contributed by atoms with E-state index in [9.17, 15) is 4.79 Å². The fourth-order valence-electron chi connectivity index (χ4n) is 3.48. The Morgan fingerprint density at radius 1 is 1.20 bits per heavy atom. The lowest BCUT2D eigenvalue weighted by molar-refractivity contribution is -0.121. The first-order chi connectivity index (χ1) is 12.1. The number of aromatic nitrogens is 1. The lowest BCUT2D eigenvalue weighted by atomic mass is 10.0. The molecular formula is C20H27N3O2. The van der Waals surface area contributed by atoms with Crippen molar-refractivity contribution in [3.63, 3.8) is 0 Å². The molecule has 5 heteroatoms. The third kappa shape index (κ3) is 4.69. The predicted molar refractivity (Wildman–Crippen MR) is 97.3 cm³/mol. The SMILES string of the molecule is Cc1noc(C)c1CC(=O)NC(CN1CCCCC1)c1ccccc1. The number of hydrogen-bond donors (Lipinski definition) is 1. The Labute approximate surface area is 149 Å². The lowest BCUT2D eigenvalue weighted by Gasteiger charge is -2.31. The third-order valence-corrected chi connectivity index (χ3v) is 4.95. The van der Waals surface area contributed by atoms with Crippen LogP contribution in [0.2, 0.25) is 0 Å². The molecule has 1 amide bonds. The number of carbonyl (C=O) groups is 1. The van der Waals surface area contributed by atoms with Gasteiger partial charge in [-0.2, -0.15) is 0 Å². The summed E-state index contributed by atoms with van der Waals surface area (Å²) in [6.07, 6.45) is 4.11. The minimum atomic E-state index is 0.00673. The second-order valence-electron chi connectivity index (χ2n) is 6.87. The smallest absolute Gasteiger partial charge is 0.225 e. The average Bonchev–Trinajstić information content (AvgIpc) is 2.95. The van der Waals surface area contributed by atoms with Gasteiger partial charge in [-0.1, -0.05) is 41.9 Å². The van der Waals surface area contributed by atoms with Crippen molar-refractivity contribution in [1.82, 2.24) is 15.4 Å². The topological polar surface area (TPSA) is 58.4 Å². The van der Waals surface area contributed by atoms with E-state index in [-0.39, 0.29) is 11.9 Å². The molecule has 1 aliphatic heterocycles. The van der Waals surface area contributed by atoms with E-state index in [0.29, 0.717) is 6.42 Å². The van der Waals surface area contributed by atoms with Gasteiger partial charge in [0.25, 0.3) is 0 Å². The largest absolute Gasteiger partial charge is 0.361 e. The van der Waals surface area contributed by atoms with E-state index in [1.54, 1.807) is 0 Å². The molecule has 134 valence electrons. The van der Waals surface area contributed by atoms with E-state index in [1.807, 2.05) is 32.0 Å². The van der Waals surface area contributed by atoms with Crippen molar-refractivity contribution in [2.24, 2.45) is 0 Å². The molecule has 1 fully saturated rings. The normalized spacial score (nSPS) is 16.6. The highest BCUT2D eigenvalue weighted by Gasteiger charge is 2.21. The van der Waals surface area contributed by atoms with Crippen molar-refractivity contribution >= 4 is 5.91 Å². The van der Waals surface area contributed by atoms with Gasteiger partial charge in [0.2, 0.25) is 5.91 Å². The Kier molecular flexibility index (Phi) is 5.87. The van der Waals surface area contributed by atoms with Crippen molar-refractivity contribution in [2.75, 3.05) is 19.6 Å². The maximum Gasteiger partial charge on any atom is 0.225 e. The van der Waals surface area contributed by atoms with Gasteiger partial charge in [-0.15, -0.1) is 0 Å². The molecule has 0 radical (unpaired) electrons. The van der Waals surface area contributed by atoms with Crippen LogP contribution in [0, 0.1) is 13.8 Å². The van der Waals surface area contributed by atoms with Crippen LogP contribution < -0.4 is 5.32 Å². The third-order valence-electron chi connectivity index (χ3n) is 4.95. The van der Waals surface area contributed by atoms with Crippen LogP contribution in [0.4, 0.5) is 0 Å². The Bertz CT molecular complexity index is 671. The van der Waals surface area contributed by atoms with Crippen LogP contribution in [-0.2, 0) is 11.2 Å². The van der Waals surface area contributed by atoms with Gasteiger partial charge in [0.15, 0.2) is 0 Å². The van der Waals surface area contributed by atoms with Crippen LogP contribution >= 0.6 is 0 Å². The first-order valence-electron chi connectivity index (χ1n) is 9.12. The predicted octanol–water partition coefficient (Wildman–Crippen LogP) is 3.18. The molecule has 2 heterocycles. The summed E-state index contributed by atoms with van der Waals surface area (Å²) < 4.78 is 5.17. The molecule has 25 heavy (non-hydrogen) atoms. The molecule has 0 bridgehead atoms. The van der Waals surface area contributed by atoms with E-state index < -0.39 is 0 Å². The minimum Gasteiger partial charge on any atom is -0.361 e. The Balaban J connectivity index is 1.69. The number of aryl methyl sites for hydroxylation is 2. The summed E-state index contributed by atoms with van der Waals surface area (Å²) in [4.78, 5) is 15.1. The van der Waals surface area contributed by atoms with Crippen molar-refractivity contribution in [2.45, 2.75) is 45.6 Å². The van der Waals surface area contributed by atoms with Crippen molar-refractivity contribution in [3.05, 3.63) is 52.9 Å². The van der Waals surface area contributed by atoms with Gasteiger partial charge in [0.05, 0.1) is 18.2 Å². The molecule has 2 aromatic rings. The number of nitrogens with zero attached hydrogens (tertiary/aromatic N) is 2. The molecule has 3 rings (SSSR count). The molecule has 1 saturated heterocycles. The summed E-state index contributed by atoms with van der Waals surface area (Å²) in [5.41, 5.74) is 2.84. The van der Waals surface area contributed by atoms with Gasteiger partial charge < -0.3 is 14.7 Å². The quantitative estimate of drug-likeness (QED) is 0.877. The number of likely N-dealkylation sites (tertiary alicyclic amines) is 1. The molecule has 1 aromatic carbocycles. The van der Waals surface area contributed by atoms with E-state index >= 15 is 0 Å². The second kappa shape index (κ2) is 8.30.